The predicted octanol–water partition coefficient (Wildman–Crippen LogP) is 4.03. The molecule has 0 radical (unpaired) electrons. The molecule has 19 heavy (non-hydrogen) atoms. The molecule has 0 heterocycles. The fourth-order valence-corrected chi connectivity index (χ4v) is 1.96. The van der Waals surface area contributed by atoms with Gasteiger partial charge in [0.05, 0.1) is 6.61 Å². The maximum Gasteiger partial charge on any atom is 0.411 e. The molecule has 1 rings (SSSR count). The molecule has 1 N–H and O–H groups in total. The fraction of sp³-hybridized carbons (Fsp3) is 0.538. The third-order valence-corrected chi connectivity index (χ3v) is 3.09. The van der Waals surface area contributed by atoms with Crippen LogP contribution in [-0.2, 0) is 17.9 Å². The highest BCUT2D eigenvalue weighted by Crippen LogP contribution is 2.21. The summed E-state index contributed by atoms with van der Waals surface area (Å²) >= 11 is 3.35. The first kappa shape index (κ1) is 16.5. The van der Waals surface area contributed by atoms with Crippen LogP contribution in [0, 0.1) is 0 Å². The molecule has 0 aliphatic carbocycles. The second-order valence-corrected chi connectivity index (χ2v) is 5.42. The van der Waals surface area contributed by atoms with Crippen molar-refractivity contribution < 1.29 is 17.9 Å². The van der Waals surface area contributed by atoms with E-state index in [0.717, 1.165) is 16.6 Å². The van der Waals surface area contributed by atoms with E-state index in [-0.39, 0.29) is 6.61 Å². The van der Waals surface area contributed by atoms with Crippen LogP contribution in [0.1, 0.15) is 25.0 Å². The third-order valence-electron chi connectivity index (χ3n) is 2.36. The molecular weight excluding hydrogens is 323 g/mol. The summed E-state index contributed by atoms with van der Waals surface area (Å²) in [5.74, 6) is 0. The zero-order chi connectivity index (χ0) is 14.5. The maximum absolute atomic E-state index is 12.0. The molecule has 0 fully saturated rings. The minimum Gasteiger partial charge on any atom is -0.367 e. The summed E-state index contributed by atoms with van der Waals surface area (Å²) in [4.78, 5) is 0. The number of hydrogen-bond donors (Lipinski definition) is 1. The predicted molar refractivity (Wildman–Crippen MR) is 71.8 cm³/mol. The van der Waals surface area contributed by atoms with Crippen molar-refractivity contribution in [3.05, 3.63) is 33.8 Å². The normalized spacial score (nSPS) is 12.2. The Morgan fingerprint density at radius 1 is 1.32 bits per heavy atom. The molecule has 6 heteroatoms. The highest BCUT2D eigenvalue weighted by molar-refractivity contribution is 9.10. The Hall–Kier alpha value is -0.590. The van der Waals surface area contributed by atoms with Gasteiger partial charge in [0, 0.05) is 17.1 Å². The van der Waals surface area contributed by atoms with Gasteiger partial charge in [0.1, 0.15) is 6.61 Å². The van der Waals surface area contributed by atoms with Crippen LogP contribution in [0.2, 0.25) is 0 Å². The van der Waals surface area contributed by atoms with Crippen molar-refractivity contribution in [1.82, 2.24) is 5.32 Å². The van der Waals surface area contributed by atoms with Gasteiger partial charge >= 0.3 is 6.18 Å². The topological polar surface area (TPSA) is 21.3 Å². The molecule has 0 bridgehead atoms. The Balaban J connectivity index is 2.52. The molecule has 0 aliphatic heterocycles. The van der Waals surface area contributed by atoms with E-state index in [9.17, 15) is 13.2 Å². The van der Waals surface area contributed by atoms with E-state index in [1.807, 2.05) is 26.0 Å². The lowest BCUT2D eigenvalue weighted by Crippen LogP contribution is -2.21. The number of alkyl halides is 3. The van der Waals surface area contributed by atoms with Crippen molar-refractivity contribution in [2.75, 3.05) is 6.61 Å². The summed E-state index contributed by atoms with van der Waals surface area (Å²) in [5.41, 5.74) is 1.78. The van der Waals surface area contributed by atoms with Crippen molar-refractivity contribution in [3.63, 3.8) is 0 Å². The van der Waals surface area contributed by atoms with Crippen molar-refractivity contribution >= 4 is 15.9 Å². The molecule has 2 nitrogen and oxygen atoms in total. The smallest absolute Gasteiger partial charge is 0.367 e. The molecule has 0 atom stereocenters. The quantitative estimate of drug-likeness (QED) is 0.844. The summed E-state index contributed by atoms with van der Waals surface area (Å²) in [7, 11) is 0. The number of rotatable bonds is 6. The molecule has 0 unspecified atom stereocenters. The summed E-state index contributed by atoms with van der Waals surface area (Å²) in [6, 6.07) is 5.93. The Labute approximate surface area is 119 Å². The van der Waals surface area contributed by atoms with Crippen LogP contribution in [0.15, 0.2) is 22.7 Å². The minimum atomic E-state index is -4.28. The fourth-order valence-electron chi connectivity index (χ4n) is 1.42. The number of nitrogens with one attached hydrogen (secondary N) is 1. The molecule has 0 aromatic heterocycles. The van der Waals surface area contributed by atoms with Crippen molar-refractivity contribution in [2.45, 2.75) is 39.2 Å². The second-order valence-electron chi connectivity index (χ2n) is 4.57. The van der Waals surface area contributed by atoms with E-state index in [4.69, 9.17) is 0 Å². The monoisotopic (exact) mass is 339 g/mol. The van der Waals surface area contributed by atoms with E-state index in [2.05, 4.69) is 26.0 Å². The van der Waals surface area contributed by atoms with Gasteiger partial charge < -0.3 is 10.1 Å². The van der Waals surface area contributed by atoms with Crippen LogP contribution < -0.4 is 5.32 Å². The Morgan fingerprint density at radius 3 is 2.53 bits per heavy atom. The van der Waals surface area contributed by atoms with Gasteiger partial charge in [0.2, 0.25) is 0 Å². The standard InChI is InChI=1S/C13H17BrF3NO/c1-9(2)18-6-10-3-4-11(12(14)5-10)7-19-8-13(15,16)17/h3-5,9,18H,6-8H2,1-2H3. The Bertz CT molecular complexity index is 407. The summed E-state index contributed by atoms with van der Waals surface area (Å²) in [6.07, 6.45) is -4.28. The molecule has 0 amide bonds. The highest BCUT2D eigenvalue weighted by atomic mass is 79.9. The first-order valence-electron chi connectivity index (χ1n) is 5.93. The SMILES string of the molecule is CC(C)NCc1ccc(COCC(F)(F)F)c(Br)c1. The summed E-state index contributed by atoms with van der Waals surface area (Å²) in [6.45, 7) is 3.54. The van der Waals surface area contributed by atoms with Crippen LogP contribution in [0.5, 0.6) is 0 Å². The largest absolute Gasteiger partial charge is 0.411 e. The van der Waals surface area contributed by atoms with Crippen molar-refractivity contribution in [2.24, 2.45) is 0 Å². The second kappa shape index (κ2) is 7.26. The highest BCUT2D eigenvalue weighted by Gasteiger charge is 2.27. The van der Waals surface area contributed by atoms with E-state index >= 15 is 0 Å². The summed E-state index contributed by atoms with van der Waals surface area (Å²) < 4.78 is 41.3. The maximum atomic E-state index is 12.0. The van der Waals surface area contributed by atoms with Crippen LogP contribution >= 0.6 is 15.9 Å². The molecule has 0 saturated carbocycles. The van der Waals surface area contributed by atoms with Crippen LogP contribution in [-0.4, -0.2) is 18.8 Å². The lowest BCUT2D eigenvalue weighted by Gasteiger charge is -2.11. The Morgan fingerprint density at radius 2 is 2.00 bits per heavy atom. The minimum absolute atomic E-state index is 0.0576. The number of benzene rings is 1. The van der Waals surface area contributed by atoms with E-state index in [0.29, 0.717) is 11.6 Å². The van der Waals surface area contributed by atoms with Crippen molar-refractivity contribution in [1.29, 1.82) is 0 Å². The zero-order valence-corrected chi connectivity index (χ0v) is 12.4. The zero-order valence-electron chi connectivity index (χ0n) is 10.9. The van der Waals surface area contributed by atoms with Gasteiger partial charge in [-0.25, -0.2) is 0 Å². The van der Waals surface area contributed by atoms with Gasteiger partial charge in [-0.15, -0.1) is 0 Å². The molecule has 1 aromatic carbocycles. The average molecular weight is 340 g/mol. The van der Waals surface area contributed by atoms with Gasteiger partial charge in [-0.1, -0.05) is 41.9 Å². The lowest BCUT2D eigenvalue weighted by molar-refractivity contribution is -0.176. The molecule has 108 valence electrons. The van der Waals surface area contributed by atoms with E-state index in [1.165, 1.54) is 0 Å². The van der Waals surface area contributed by atoms with Crippen LogP contribution in [0.4, 0.5) is 13.2 Å². The molecule has 0 spiro atoms. The average Bonchev–Trinajstić information content (AvgIpc) is 2.27. The van der Waals surface area contributed by atoms with Crippen molar-refractivity contribution in [3.8, 4) is 0 Å². The molecule has 1 aromatic rings. The van der Waals surface area contributed by atoms with Crippen LogP contribution in [0.3, 0.4) is 0 Å². The third kappa shape index (κ3) is 6.94. The first-order chi connectivity index (χ1) is 8.78. The molecular formula is C13H17BrF3NO. The van der Waals surface area contributed by atoms with Gasteiger partial charge in [0.15, 0.2) is 0 Å². The molecule has 0 aliphatic rings. The number of halogens is 4. The molecule has 0 saturated heterocycles. The lowest BCUT2D eigenvalue weighted by atomic mass is 10.1. The first-order valence-corrected chi connectivity index (χ1v) is 6.72. The van der Waals surface area contributed by atoms with Crippen LogP contribution in [0.25, 0.3) is 0 Å². The number of hydrogen-bond acceptors (Lipinski definition) is 2. The van der Waals surface area contributed by atoms with Gasteiger partial charge in [-0.3, -0.25) is 0 Å². The van der Waals surface area contributed by atoms with Gasteiger partial charge in [-0.05, 0) is 17.2 Å². The van der Waals surface area contributed by atoms with Gasteiger partial charge in [-0.2, -0.15) is 13.2 Å². The van der Waals surface area contributed by atoms with Gasteiger partial charge in [0.25, 0.3) is 0 Å². The summed E-state index contributed by atoms with van der Waals surface area (Å²) in [5, 5.41) is 3.27. The van der Waals surface area contributed by atoms with E-state index in [1.54, 1.807) is 6.07 Å². The Kier molecular flexibility index (Phi) is 6.29. The van der Waals surface area contributed by atoms with E-state index < -0.39 is 12.8 Å². The number of ether oxygens (including phenoxy) is 1.